The van der Waals surface area contributed by atoms with Gasteiger partial charge in [-0.2, -0.15) is 0 Å². The first-order valence-corrected chi connectivity index (χ1v) is 5.14. The Morgan fingerprint density at radius 2 is 2.31 bits per heavy atom. The molecule has 0 fully saturated rings. The lowest BCUT2D eigenvalue weighted by Crippen LogP contribution is -2.20. The second-order valence-corrected chi connectivity index (χ2v) is 3.45. The number of carbonyl (C=O) groups is 2. The van der Waals surface area contributed by atoms with Crippen LogP contribution in [0.3, 0.4) is 0 Å². The van der Waals surface area contributed by atoms with Crippen LogP contribution < -0.4 is 10.1 Å². The van der Waals surface area contributed by atoms with Gasteiger partial charge in [0.25, 0.3) is 0 Å². The number of benzene rings is 1. The Bertz CT molecular complexity index is 393. The standard InChI is InChI=1S/C11H12ClNO3/c1-13-10(15)5-6-16-11-8(7-14)3-2-4-9(11)12/h2-4,7H,5-6H2,1H3,(H,13,15). The Kier molecular flexibility index (Phi) is 4.79. The van der Waals surface area contributed by atoms with Crippen LogP contribution in [0.5, 0.6) is 5.75 Å². The smallest absolute Gasteiger partial charge is 0.223 e. The molecule has 5 heteroatoms. The van der Waals surface area contributed by atoms with Gasteiger partial charge in [-0.1, -0.05) is 17.7 Å². The number of hydrogen-bond donors (Lipinski definition) is 1. The molecular formula is C11H12ClNO3. The van der Waals surface area contributed by atoms with E-state index >= 15 is 0 Å². The van der Waals surface area contributed by atoms with Gasteiger partial charge in [0, 0.05) is 7.05 Å². The normalized spacial score (nSPS) is 9.62. The Balaban J connectivity index is 2.65. The molecule has 0 aliphatic rings. The SMILES string of the molecule is CNC(=O)CCOc1c(Cl)cccc1C=O. The second kappa shape index (κ2) is 6.12. The summed E-state index contributed by atoms with van der Waals surface area (Å²) in [5.74, 6) is 0.197. The quantitative estimate of drug-likeness (QED) is 0.798. The van der Waals surface area contributed by atoms with Crippen LogP contribution in [0.1, 0.15) is 16.8 Å². The molecule has 0 atom stereocenters. The van der Waals surface area contributed by atoms with Crippen LogP contribution in [0, 0.1) is 0 Å². The van der Waals surface area contributed by atoms with E-state index in [1.54, 1.807) is 25.2 Å². The predicted octanol–water partition coefficient (Wildman–Crippen LogP) is 1.67. The van der Waals surface area contributed by atoms with Gasteiger partial charge in [0.05, 0.1) is 23.6 Å². The summed E-state index contributed by atoms with van der Waals surface area (Å²) in [4.78, 5) is 21.7. The van der Waals surface area contributed by atoms with E-state index in [0.29, 0.717) is 22.6 Å². The van der Waals surface area contributed by atoms with Crippen LogP contribution in [-0.4, -0.2) is 25.8 Å². The molecule has 0 aromatic heterocycles. The van der Waals surface area contributed by atoms with Crippen molar-refractivity contribution in [3.63, 3.8) is 0 Å². The summed E-state index contributed by atoms with van der Waals surface area (Å²) in [7, 11) is 1.55. The molecule has 1 rings (SSSR count). The number of nitrogens with one attached hydrogen (secondary N) is 1. The molecule has 0 unspecified atom stereocenters. The highest BCUT2D eigenvalue weighted by atomic mass is 35.5. The first-order valence-electron chi connectivity index (χ1n) is 4.76. The average molecular weight is 242 g/mol. The van der Waals surface area contributed by atoms with E-state index in [1.807, 2.05) is 0 Å². The van der Waals surface area contributed by atoms with E-state index in [0.717, 1.165) is 0 Å². The van der Waals surface area contributed by atoms with Gasteiger partial charge in [0.1, 0.15) is 5.75 Å². The van der Waals surface area contributed by atoms with Crippen molar-refractivity contribution < 1.29 is 14.3 Å². The van der Waals surface area contributed by atoms with E-state index in [2.05, 4.69) is 5.32 Å². The monoisotopic (exact) mass is 241 g/mol. The number of halogens is 1. The molecule has 0 aliphatic heterocycles. The number of ether oxygens (including phenoxy) is 1. The molecule has 16 heavy (non-hydrogen) atoms. The van der Waals surface area contributed by atoms with E-state index in [4.69, 9.17) is 16.3 Å². The Hall–Kier alpha value is -1.55. The highest BCUT2D eigenvalue weighted by molar-refractivity contribution is 6.32. The highest BCUT2D eigenvalue weighted by Gasteiger charge is 2.08. The lowest BCUT2D eigenvalue weighted by Gasteiger charge is -2.09. The summed E-state index contributed by atoms with van der Waals surface area (Å²) in [6, 6.07) is 4.90. The third kappa shape index (κ3) is 3.24. The zero-order chi connectivity index (χ0) is 12.0. The molecule has 0 heterocycles. The van der Waals surface area contributed by atoms with Crippen molar-refractivity contribution in [2.75, 3.05) is 13.7 Å². The van der Waals surface area contributed by atoms with E-state index in [9.17, 15) is 9.59 Å². The van der Waals surface area contributed by atoms with Crippen molar-refractivity contribution >= 4 is 23.8 Å². The topological polar surface area (TPSA) is 55.4 Å². The van der Waals surface area contributed by atoms with Crippen LogP contribution >= 0.6 is 11.6 Å². The van der Waals surface area contributed by atoms with Gasteiger partial charge < -0.3 is 10.1 Å². The van der Waals surface area contributed by atoms with Gasteiger partial charge in [-0.05, 0) is 12.1 Å². The van der Waals surface area contributed by atoms with Crippen molar-refractivity contribution in [1.29, 1.82) is 0 Å². The molecule has 1 N–H and O–H groups in total. The summed E-state index contributed by atoms with van der Waals surface area (Å²) >= 11 is 5.87. The lowest BCUT2D eigenvalue weighted by molar-refractivity contribution is -0.121. The maximum absolute atomic E-state index is 10.9. The molecule has 4 nitrogen and oxygen atoms in total. The Morgan fingerprint density at radius 3 is 2.94 bits per heavy atom. The van der Waals surface area contributed by atoms with Crippen LogP contribution in [0.2, 0.25) is 5.02 Å². The molecule has 0 saturated carbocycles. The first-order chi connectivity index (χ1) is 7.69. The molecular weight excluding hydrogens is 230 g/mol. The summed E-state index contributed by atoms with van der Waals surface area (Å²) in [5.41, 5.74) is 0.379. The summed E-state index contributed by atoms with van der Waals surface area (Å²) in [6.45, 7) is 0.185. The molecule has 0 bridgehead atoms. The highest BCUT2D eigenvalue weighted by Crippen LogP contribution is 2.27. The third-order valence-corrected chi connectivity index (χ3v) is 2.28. The molecule has 0 radical (unpaired) electrons. The zero-order valence-corrected chi connectivity index (χ0v) is 9.58. The van der Waals surface area contributed by atoms with Crippen molar-refractivity contribution in [2.24, 2.45) is 0 Å². The summed E-state index contributed by atoms with van der Waals surface area (Å²) in [6.07, 6.45) is 0.890. The minimum atomic E-state index is -0.125. The summed E-state index contributed by atoms with van der Waals surface area (Å²) < 4.78 is 5.31. The number of hydrogen-bond acceptors (Lipinski definition) is 3. The molecule has 0 aliphatic carbocycles. The lowest BCUT2D eigenvalue weighted by atomic mass is 10.2. The van der Waals surface area contributed by atoms with Crippen LogP contribution in [0.25, 0.3) is 0 Å². The molecule has 0 saturated heterocycles. The maximum Gasteiger partial charge on any atom is 0.223 e. The number of para-hydroxylation sites is 1. The molecule has 1 aromatic rings. The minimum absolute atomic E-state index is 0.125. The Morgan fingerprint density at radius 1 is 1.56 bits per heavy atom. The Labute approximate surface area is 98.5 Å². The van der Waals surface area contributed by atoms with Crippen molar-refractivity contribution in [2.45, 2.75) is 6.42 Å². The van der Waals surface area contributed by atoms with Crippen molar-refractivity contribution in [3.8, 4) is 5.75 Å². The number of rotatable bonds is 5. The zero-order valence-electron chi connectivity index (χ0n) is 8.83. The van der Waals surface area contributed by atoms with Gasteiger partial charge in [-0.3, -0.25) is 9.59 Å². The average Bonchev–Trinajstić information content (AvgIpc) is 2.30. The molecule has 1 amide bonds. The number of aldehydes is 1. The van der Waals surface area contributed by atoms with E-state index in [-0.39, 0.29) is 18.9 Å². The second-order valence-electron chi connectivity index (χ2n) is 3.05. The largest absolute Gasteiger partial charge is 0.491 e. The van der Waals surface area contributed by atoms with Crippen LogP contribution in [0.15, 0.2) is 18.2 Å². The van der Waals surface area contributed by atoms with E-state index in [1.165, 1.54) is 0 Å². The first kappa shape index (κ1) is 12.5. The number of carbonyl (C=O) groups excluding carboxylic acids is 2. The molecule has 1 aromatic carbocycles. The molecule has 0 spiro atoms. The van der Waals surface area contributed by atoms with E-state index < -0.39 is 0 Å². The summed E-state index contributed by atoms with van der Waals surface area (Å²) in [5, 5.41) is 2.84. The van der Waals surface area contributed by atoms with Gasteiger partial charge in [0.2, 0.25) is 5.91 Å². The van der Waals surface area contributed by atoms with Gasteiger partial charge in [-0.15, -0.1) is 0 Å². The van der Waals surface area contributed by atoms with Gasteiger partial charge in [-0.25, -0.2) is 0 Å². The third-order valence-electron chi connectivity index (χ3n) is 1.98. The minimum Gasteiger partial charge on any atom is -0.491 e. The van der Waals surface area contributed by atoms with Crippen molar-refractivity contribution in [1.82, 2.24) is 5.32 Å². The van der Waals surface area contributed by atoms with Crippen LogP contribution in [-0.2, 0) is 4.79 Å². The fourth-order valence-electron chi connectivity index (χ4n) is 1.14. The van der Waals surface area contributed by atoms with Gasteiger partial charge in [0.15, 0.2) is 6.29 Å². The van der Waals surface area contributed by atoms with Crippen LogP contribution in [0.4, 0.5) is 0 Å². The molecule has 86 valence electrons. The number of amides is 1. The fraction of sp³-hybridized carbons (Fsp3) is 0.273. The van der Waals surface area contributed by atoms with Gasteiger partial charge >= 0.3 is 0 Å². The fourth-order valence-corrected chi connectivity index (χ4v) is 1.38. The van der Waals surface area contributed by atoms with Crippen molar-refractivity contribution in [3.05, 3.63) is 28.8 Å². The predicted molar refractivity (Wildman–Crippen MR) is 61.0 cm³/mol. The maximum atomic E-state index is 10.9.